The van der Waals surface area contributed by atoms with Crippen molar-refractivity contribution >= 4 is 24.1 Å². The smallest absolute Gasteiger partial charge is 0.435 e. The molecule has 2 heterocycles. The highest BCUT2D eigenvalue weighted by Crippen LogP contribution is 2.23. The van der Waals surface area contributed by atoms with Crippen molar-refractivity contribution in [3.05, 3.63) is 66.3 Å². The number of amidine groups is 2. The molecule has 0 radical (unpaired) electrons. The largest absolute Gasteiger partial charge is 0.465 e. The first-order valence-electron chi connectivity index (χ1n) is 12.2. The number of benzene rings is 1. The number of hydrogen-bond acceptors (Lipinski definition) is 10. The number of allylic oxidation sites excluding steroid dienone is 3. The van der Waals surface area contributed by atoms with Crippen molar-refractivity contribution in [2.45, 2.75) is 57.7 Å². The molecule has 3 rings (SSSR count). The number of nitrogens with one attached hydrogen (secondary N) is 1. The molecule has 0 bridgehead atoms. The topological polar surface area (TPSA) is 142 Å². The third kappa shape index (κ3) is 9.54. The van der Waals surface area contributed by atoms with Gasteiger partial charge in [-0.05, 0) is 24.6 Å². The number of aliphatic hydroxyl groups is 2. The molecule has 0 aliphatic carbocycles. The van der Waals surface area contributed by atoms with Gasteiger partial charge in [-0.1, -0.05) is 43.0 Å². The number of aldehydes is 1. The maximum atomic E-state index is 13.0. The van der Waals surface area contributed by atoms with E-state index in [1.165, 1.54) is 5.01 Å². The summed E-state index contributed by atoms with van der Waals surface area (Å²) in [5.74, 6) is 3.70. The number of hydrazine groups is 1. The highest BCUT2D eigenvalue weighted by Gasteiger charge is 2.29. The number of aliphatic hydroxyl groups excluding tert-OH is 2. The van der Waals surface area contributed by atoms with Crippen LogP contribution in [-0.4, -0.2) is 64.9 Å². The van der Waals surface area contributed by atoms with E-state index >= 15 is 0 Å². The second kappa shape index (κ2) is 16.6. The Bertz CT molecular complexity index is 1140. The van der Waals surface area contributed by atoms with Crippen LogP contribution in [0.25, 0.3) is 0 Å². The van der Waals surface area contributed by atoms with Crippen molar-refractivity contribution in [1.29, 1.82) is 0 Å². The van der Waals surface area contributed by atoms with Gasteiger partial charge in [0.05, 0.1) is 6.10 Å². The summed E-state index contributed by atoms with van der Waals surface area (Å²) in [4.78, 5) is 23.9. The van der Waals surface area contributed by atoms with Crippen LogP contribution in [0.2, 0.25) is 0 Å². The van der Waals surface area contributed by atoms with E-state index in [1.807, 2.05) is 13.0 Å². The van der Waals surface area contributed by atoms with Crippen molar-refractivity contribution in [2.75, 3.05) is 7.11 Å². The van der Waals surface area contributed by atoms with Gasteiger partial charge in [0, 0.05) is 38.4 Å². The van der Waals surface area contributed by atoms with E-state index in [9.17, 15) is 14.7 Å². The first-order valence-corrected chi connectivity index (χ1v) is 12.2. The summed E-state index contributed by atoms with van der Waals surface area (Å²) in [5, 5.41) is 26.4. The standard InChI is InChI=1S/C27H30N4O6.CH4O/c1-4-7-10-24-28-29-26(20(8-5-2)9-6-3)30-31(24)27(34)35-18-19-11-13-22(14-12-19)36-25-16-21(33)15-23(17-32)37-25;1-2/h1,5-6,8-9,11-14,17,21,23,25,33H,2,7,10,15-16,18H2,3H3,(H,29,30);2H,1H3/b9-6-,20-8+;. The molecule has 2 aliphatic rings. The third-order valence-corrected chi connectivity index (χ3v) is 5.33. The normalized spacial score (nSPS) is 20.8. The van der Waals surface area contributed by atoms with Crippen LogP contribution < -0.4 is 10.2 Å². The highest BCUT2D eigenvalue weighted by molar-refractivity contribution is 6.07. The van der Waals surface area contributed by atoms with Gasteiger partial charge >= 0.3 is 6.09 Å². The fourth-order valence-electron chi connectivity index (χ4n) is 3.57. The molecule has 2 aliphatic heterocycles. The summed E-state index contributed by atoms with van der Waals surface area (Å²) < 4.78 is 16.7. The molecule has 208 valence electrons. The minimum Gasteiger partial charge on any atom is -0.465 e. The average Bonchev–Trinajstić information content (AvgIpc) is 2.96. The molecule has 11 nitrogen and oxygen atoms in total. The van der Waals surface area contributed by atoms with Crippen molar-refractivity contribution < 1.29 is 34.0 Å². The summed E-state index contributed by atoms with van der Waals surface area (Å²) in [6.07, 6.45) is 11.5. The molecule has 1 amide bonds. The summed E-state index contributed by atoms with van der Waals surface area (Å²) >= 11 is 0. The van der Waals surface area contributed by atoms with Crippen LogP contribution in [0.4, 0.5) is 4.79 Å². The van der Waals surface area contributed by atoms with E-state index in [-0.39, 0.29) is 19.4 Å². The fourth-order valence-corrected chi connectivity index (χ4v) is 3.57. The average molecular weight is 539 g/mol. The van der Waals surface area contributed by atoms with E-state index in [0.29, 0.717) is 47.7 Å². The van der Waals surface area contributed by atoms with Gasteiger partial charge in [-0.2, -0.15) is 5.01 Å². The van der Waals surface area contributed by atoms with Gasteiger partial charge in [-0.15, -0.1) is 22.5 Å². The lowest BCUT2D eigenvalue weighted by atomic mass is 10.1. The van der Waals surface area contributed by atoms with Crippen LogP contribution in [0.15, 0.2) is 70.9 Å². The Labute approximate surface area is 228 Å². The summed E-state index contributed by atoms with van der Waals surface area (Å²) in [7, 11) is 1.00. The second-order valence-electron chi connectivity index (χ2n) is 8.16. The van der Waals surface area contributed by atoms with Gasteiger partial charge in [0.25, 0.3) is 0 Å². The lowest BCUT2D eigenvalue weighted by Crippen LogP contribution is -2.52. The number of carbonyl (C=O) groups is 2. The molecule has 11 heteroatoms. The van der Waals surface area contributed by atoms with E-state index in [4.69, 9.17) is 25.7 Å². The summed E-state index contributed by atoms with van der Waals surface area (Å²) in [6.45, 7) is 5.55. The molecular weight excluding hydrogens is 504 g/mol. The number of hydrogen-bond donors (Lipinski definition) is 3. The van der Waals surface area contributed by atoms with Gasteiger partial charge in [0.2, 0.25) is 6.29 Å². The van der Waals surface area contributed by atoms with E-state index < -0.39 is 24.6 Å². The van der Waals surface area contributed by atoms with Crippen LogP contribution in [0.3, 0.4) is 0 Å². The molecule has 3 unspecified atom stereocenters. The predicted octanol–water partition coefficient (Wildman–Crippen LogP) is 3.01. The lowest BCUT2D eigenvalue weighted by Gasteiger charge is -2.30. The molecule has 1 fully saturated rings. The van der Waals surface area contributed by atoms with Crippen molar-refractivity contribution in [1.82, 2.24) is 10.4 Å². The minimum atomic E-state index is -0.730. The zero-order valence-electron chi connectivity index (χ0n) is 22.0. The molecule has 1 saturated heterocycles. The van der Waals surface area contributed by atoms with Gasteiger partial charge in [-0.3, -0.25) is 5.43 Å². The molecule has 39 heavy (non-hydrogen) atoms. The zero-order chi connectivity index (χ0) is 28.6. The van der Waals surface area contributed by atoms with Crippen molar-refractivity contribution in [2.24, 2.45) is 10.2 Å². The van der Waals surface area contributed by atoms with Crippen LogP contribution >= 0.6 is 0 Å². The molecule has 1 aromatic carbocycles. The SMILES string of the molecule is C#CCCC1=NN=C(C(/C=C\C)=C/C=C)NN1C(=O)OCc1ccc(OC2CC(O)CC(C=O)O2)cc1.CO. The van der Waals surface area contributed by atoms with Gasteiger partial charge < -0.3 is 29.2 Å². The minimum absolute atomic E-state index is 0.0116. The molecule has 0 spiro atoms. The van der Waals surface area contributed by atoms with Crippen LogP contribution in [0, 0.1) is 12.3 Å². The summed E-state index contributed by atoms with van der Waals surface area (Å²) in [5.41, 5.74) is 4.34. The predicted molar refractivity (Wildman–Crippen MR) is 146 cm³/mol. The maximum Gasteiger partial charge on any atom is 0.435 e. The monoisotopic (exact) mass is 538 g/mol. The molecule has 3 atom stereocenters. The molecule has 0 aromatic heterocycles. The van der Waals surface area contributed by atoms with Crippen molar-refractivity contribution in [3.8, 4) is 18.1 Å². The molecular formula is C28H34N4O7. The number of rotatable bonds is 10. The molecule has 0 saturated carbocycles. The molecule has 3 N–H and O–H groups in total. The Morgan fingerprint density at radius 1 is 1.31 bits per heavy atom. The third-order valence-electron chi connectivity index (χ3n) is 5.33. The fraction of sp³-hybridized carbons (Fsp3) is 0.357. The second-order valence-corrected chi connectivity index (χ2v) is 8.16. The highest BCUT2D eigenvalue weighted by atomic mass is 16.7. The van der Waals surface area contributed by atoms with E-state index in [2.05, 4.69) is 28.1 Å². The number of nitrogens with zero attached hydrogens (tertiary/aromatic N) is 3. The van der Waals surface area contributed by atoms with Gasteiger partial charge in [0.15, 0.2) is 11.7 Å². The number of carbonyl (C=O) groups excluding carboxylic acids is 2. The zero-order valence-corrected chi connectivity index (χ0v) is 22.0. The Balaban J connectivity index is 0.00000260. The Morgan fingerprint density at radius 3 is 2.69 bits per heavy atom. The van der Waals surface area contributed by atoms with Gasteiger partial charge in [0.1, 0.15) is 24.7 Å². The first-order chi connectivity index (χ1) is 19.0. The van der Waals surface area contributed by atoms with Crippen molar-refractivity contribution in [3.63, 3.8) is 0 Å². The number of terminal acetylenes is 1. The lowest BCUT2D eigenvalue weighted by molar-refractivity contribution is -0.176. The van der Waals surface area contributed by atoms with Crippen LogP contribution in [0.1, 0.15) is 38.2 Å². The van der Waals surface area contributed by atoms with E-state index in [1.54, 1.807) is 42.5 Å². The Kier molecular flexibility index (Phi) is 13.2. The van der Waals surface area contributed by atoms with Crippen LogP contribution in [0.5, 0.6) is 5.75 Å². The Hall–Kier alpha value is -4.24. The first kappa shape index (κ1) is 31.0. The van der Waals surface area contributed by atoms with Crippen LogP contribution in [-0.2, 0) is 20.9 Å². The maximum absolute atomic E-state index is 13.0. The number of amides is 1. The molecule has 1 aromatic rings. The number of ether oxygens (including phenoxy) is 3. The van der Waals surface area contributed by atoms with Gasteiger partial charge in [-0.25, -0.2) is 4.79 Å². The Morgan fingerprint density at radius 2 is 2.05 bits per heavy atom. The quantitative estimate of drug-likeness (QED) is 0.234. The van der Waals surface area contributed by atoms with E-state index in [0.717, 1.165) is 7.11 Å². The summed E-state index contributed by atoms with van der Waals surface area (Å²) in [6, 6.07) is 6.85.